The van der Waals surface area contributed by atoms with E-state index in [4.69, 9.17) is 35.0 Å². The van der Waals surface area contributed by atoms with Gasteiger partial charge in [-0.1, -0.05) is 23.2 Å². The number of hydrazine groups is 2. The number of hydrogen-bond donors (Lipinski definition) is 2. The molecule has 0 unspecified atom stereocenters. The van der Waals surface area contributed by atoms with Gasteiger partial charge in [0.25, 0.3) is 5.91 Å². The smallest absolute Gasteiger partial charge is 0.267 e. The summed E-state index contributed by atoms with van der Waals surface area (Å²) in [5.74, 6) is -0.511. The second-order valence-corrected chi connectivity index (χ2v) is 2.53. The molecule has 0 fully saturated rings. The van der Waals surface area contributed by atoms with Crippen LogP contribution < -0.4 is 11.0 Å². The highest BCUT2D eigenvalue weighted by molar-refractivity contribution is 6.49. The van der Waals surface area contributed by atoms with Crippen LogP contribution in [-0.2, 0) is 4.79 Å². The fourth-order valence-electron chi connectivity index (χ4n) is 0.384. The molecule has 0 aromatic heterocycles. The predicted molar refractivity (Wildman–Crippen MR) is 37.7 cm³/mol. The lowest BCUT2D eigenvalue weighted by molar-refractivity contribution is -0.119. The average Bonchev–Trinajstić information content (AvgIpc) is 1.93. The highest BCUT2D eigenvalue weighted by Gasteiger charge is 2.21. The van der Waals surface area contributed by atoms with Gasteiger partial charge in [0.05, 0.1) is 0 Å². The zero-order valence-electron chi connectivity index (χ0n) is 4.49. The van der Waals surface area contributed by atoms with E-state index in [2.05, 4.69) is 11.0 Å². The van der Waals surface area contributed by atoms with E-state index in [0.717, 1.165) is 4.53 Å². The molecular weight excluding hydrogens is 200 g/mol. The number of nitrogens with one attached hydrogen (secondary N) is 2. The molecule has 0 aromatic rings. The SMILES string of the molecule is O=C1NNN(Cl)C(Cl)=C1Cl. The van der Waals surface area contributed by atoms with Gasteiger partial charge in [-0.05, 0) is 0 Å². The molecule has 10 heavy (non-hydrogen) atoms. The third-order valence-electron chi connectivity index (χ3n) is 0.820. The van der Waals surface area contributed by atoms with Crippen LogP contribution in [0.25, 0.3) is 0 Å². The lowest BCUT2D eigenvalue weighted by atomic mass is 10.5. The Balaban J connectivity index is 2.92. The van der Waals surface area contributed by atoms with Gasteiger partial charge in [0.15, 0.2) is 5.16 Å². The molecule has 0 saturated carbocycles. The summed E-state index contributed by atoms with van der Waals surface area (Å²) in [5, 5.41) is -0.192. The molecule has 0 saturated heterocycles. The number of halogens is 3. The molecule has 2 N–H and O–H groups in total. The summed E-state index contributed by atoms with van der Waals surface area (Å²) in [6.45, 7) is 0. The molecule has 0 spiro atoms. The van der Waals surface area contributed by atoms with Gasteiger partial charge in [-0.25, -0.2) is 0 Å². The standard InChI is InChI=1S/C3H2Cl3N3O/c4-1-2(5)9(6)8-7-3(1)10/h8H,(H,7,10). The third kappa shape index (κ3) is 1.29. The number of carbonyl (C=O) groups excluding carboxylic acids is 1. The first-order valence-electron chi connectivity index (χ1n) is 2.20. The Morgan fingerprint density at radius 2 is 2.00 bits per heavy atom. The predicted octanol–water partition coefficient (Wildman–Crippen LogP) is 0.638. The second-order valence-electron chi connectivity index (χ2n) is 1.45. The zero-order valence-corrected chi connectivity index (χ0v) is 6.76. The minimum Gasteiger partial charge on any atom is -0.267 e. The van der Waals surface area contributed by atoms with E-state index in [1.54, 1.807) is 0 Å². The van der Waals surface area contributed by atoms with Gasteiger partial charge in [-0.2, -0.15) is 4.53 Å². The Hall–Kier alpha value is -0.160. The van der Waals surface area contributed by atoms with E-state index < -0.39 is 5.91 Å². The average molecular weight is 202 g/mol. The van der Waals surface area contributed by atoms with Crippen molar-refractivity contribution in [1.29, 1.82) is 0 Å². The minimum absolute atomic E-state index is 0.0490. The molecule has 4 nitrogen and oxygen atoms in total. The van der Waals surface area contributed by atoms with Gasteiger partial charge in [0.1, 0.15) is 5.03 Å². The van der Waals surface area contributed by atoms with Crippen molar-refractivity contribution < 1.29 is 4.79 Å². The molecule has 1 heterocycles. The van der Waals surface area contributed by atoms with E-state index in [1.807, 2.05) is 0 Å². The Morgan fingerprint density at radius 1 is 1.40 bits per heavy atom. The summed E-state index contributed by atoms with van der Waals surface area (Å²) >= 11 is 16.2. The molecule has 0 aromatic carbocycles. The lowest BCUT2D eigenvalue weighted by Gasteiger charge is -2.21. The fourth-order valence-corrected chi connectivity index (χ4v) is 0.814. The number of hydrogen-bond acceptors (Lipinski definition) is 3. The maximum atomic E-state index is 10.6. The largest absolute Gasteiger partial charge is 0.281 e. The highest BCUT2D eigenvalue weighted by atomic mass is 35.5. The van der Waals surface area contributed by atoms with Crippen molar-refractivity contribution in [3.63, 3.8) is 0 Å². The normalized spacial score (nSPS) is 19.5. The summed E-state index contributed by atoms with van der Waals surface area (Å²) in [6, 6.07) is 0. The number of rotatable bonds is 0. The number of nitrogens with zero attached hydrogens (tertiary/aromatic N) is 1. The number of carbonyl (C=O) groups is 1. The van der Waals surface area contributed by atoms with E-state index in [9.17, 15) is 4.79 Å². The van der Waals surface area contributed by atoms with Crippen LogP contribution >= 0.6 is 35.0 Å². The van der Waals surface area contributed by atoms with Crippen LogP contribution in [0.2, 0.25) is 0 Å². The summed E-state index contributed by atoms with van der Waals surface area (Å²) in [4.78, 5) is 10.6. The molecule has 0 bridgehead atoms. The van der Waals surface area contributed by atoms with Crippen molar-refractivity contribution >= 4 is 40.9 Å². The Labute approximate surface area is 71.8 Å². The van der Waals surface area contributed by atoms with Gasteiger partial charge in [-0.3, -0.25) is 10.2 Å². The maximum Gasteiger partial charge on any atom is 0.281 e. The van der Waals surface area contributed by atoms with Gasteiger partial charge in [-0.15, -0.1) is 5.53 Å². The Kier molecular flexibility index (Phi) is 2.25. The van der Waals surface area contributed by atoms with Crippen molar-refractivity contribution in [3.8, 4) is 0 Å². The van der Waals surface area contributed by atoms with E-state index in [0.29, 0.717) is 0 Å². The van der Waals surface area contributed by atoms with Crippen LogP contribution in [0.4, 0.5) is 0 Å². The van der Waals surface area contributed by atoms with Gasteiger partial charge < -0.3 is 0 Å². The highest BCUT2D eigenvalue weighted by Crippen LogP contribution is 2.20. The molecule has 0 atom stereocenters. The van der Waals surface area contributed by atoms with Gasteiger partial charge >= 0.3 is 0 Å². The first-order chi connectivity index (χ1) is 4.63. The first-order valence-corrected chi connectivity index (χ1v) is 3.29. The van der Waals surface area contributed by atoms with Gasteiger partial charge in [0, 0.05) is 11.8 Å². The van der Waals surface area contributed by atoms with Crippen molar-refractivity contribution in [2.24, 2.45) is 0 Å². The minimum atomic E-state index is -0.511. The summed E-state index contributed by atoms with van der Waals surface area (Å²) in [6.07, 6.45) is 0. The molecule has 0 radical (unpaired) electrons. The van der Waals surface area contributed by atoms with Crippen molar-refractivity contribution in [1.82, 2.24) is 15.5 Å². The summed E-state index contributed by atoms with van der Waals surface area (Å²) in [7, 11) is 0. The quantitative estimate of drug-likeness (QED) is 0.447. The number of amides is 1. The van der Waals surface area contributed by atoms with E-state index in [-0.39, 0.29) is 10.2 Å². The molecule has 1 aliphatic heterocycles. The first kappa shape index (κ1) is 7.94. The lowest BCUT2D eigenvalue weighted by Crippen LogP contribution is -2.48. The molecule has 0 aliphatic carbocycles. The van der Waals surface area contributed by atoms with Crippen LogP contribution in [-0.4, -0.2) is 10.4 Å². The molecule has 7 heteroatoms. The van der Waals surface area contributed by atoms with Crippen LogP contribution in [0.1, 0.15) is 0 Å². The second kappa shape index (κ2) is 2.84. The van der Waals surface area contributed by atoms with Crippen molar-refractivity contribution in [2.45, 2.75) is 0 Å². The maximum absolute atomic E-state index is 10.6. The topological polar surface area (TPSA) is 44.4 Å². The molecule has 1 aliphatic rings. The van der Waals surface area contributed by atoms with Crippen LogP contribution in [0.5, 0.6) is 0 Å². The molecule has 56 valence electrons. The van der Waals surface area contributed by atoms with E-state index >= 15 is 0 Å². The third-order valence-corrected chi connectivity index (χ3v) is 1.97. The monoisotopic (exact) mass is 201 g/mol. The Morgan fingerprint density at radius 3 is 2.50 bits per heavy atom. The Bertz CT molecular complexity index is 203. The van der Waals surface area contributed by atoms with Crippen LogP contribution in [0.15, 0.2) is 10.2 Å². The summed E-state index contributed by atoms with van der Waals surface area (Å²) in [5.41, 5.74) is 4.38. The molecule has 1 amide bonds. The summed E-state index contributed by atoms with van der Waals surface area (Å²) < 4.78 is 0.866. The van der Waals surface area contributed by atoms with Crippen LogP contribution in [0.3, 0.4) is 0 Å². The molecular formula is C3H2Cl3N3O. The zero-order chi connectivity index (χ0) is 7.72. The van der Waals surface area contributed by atoms with Gasteiger partial charge in [0.2, 0.25) is 0 Å². The van der Waals surface area contributed by atoms with Crippen LogP contribution in [0, 0.1) is 0 Å². The van der Waals surface area contributed by atoms with E-state index in [1.165, 1.54) is 0 Å². The fraction of sp³-hybridized carbons (Fsp3) is 0. The molecule has 1 rings (SSSR count). The van der Waals surface area contributed by atoms with Crippen molar-refractivity contribution in [2.75, 3.05) is 0 Å². The van der Waals surface area contributed by atoms with Crippen molar-refractivity contribution in [3.05, 3.63) is 10.2 Å².